The van der Waals surface area contributed by atoms with Crippen LogP contribution in [0.15, 0.2) is 41.5 Å². The number of nitrogens with one attached hydrogen (secondary N) is 1. The summed E-state index contributed by atoms with van der Waals surface area (Å²) in [4.78, 5) is 12.8. The number of benzene rings is 2. The zero-order valence-electron chi connectivity index (χ0n) is 17.5. The number of rotatable bonds is 7. The molecule has 1 fully saturated rings. The molecule has 0 radical (unpaired) electrons. The molecule has 0 unspecified atom stereocenters. The van der Waals surface area contributed by atoms with E-state index in [1.54, 1.807) is 18.3 Å². The van der Waals surface area contributed by atoms with Crippen molar-refractivity contribution in [3.63, 3.8) is 0 Å². The van der Waals surface area contributed by atoms with Crippen molar-refractivity contribution in [2.75, 3.05) is 40.4 Å². The second-order valence-corrected chi connectivity index (χ2v) is 7.47. The van der Waals surface area contributed by atoms with Gasteiger partial charge in [-0.05, 0) is 18.2 Å². The molecule has 0 atom stereocenters. The molecule has 1 N–H and O–H groups in total. The van der Waals surface area contributed by atoms with Crippen molar-refractivity contribution in [3.05, 3.63) is 52.5 Å². The van der Waals surface area contributed by atoms with Gasteiger partial charge in [0.05, 0.1) is 46.6 Å². The summed E-state index contributed by atoms with van der Waals surface area (Å²) in [6.07, 6.45) is 1.77. The van der Waals surface area contributed by atoms with Crippen LogP contribution >= 0.6 is 11.6 Å². The molecule has 3 rings (SSSR count). The number of piperazine rings is 1. The van der Waals surface area contributed by atoms with Gasteiger partial charge in [0.2, 0.25) is 5.75 Å². The van der Waals surface area contributed by atoms with Crippen LogP contribution in [-0.2, 0) is 11.3 Å². The number of ether oxygens (including phenoxy) is 3. The van der Waals surface area contributed by atoms with E-state index in [-0.39, 0.29) is 5.75 Å². The third kappa shape index (κ3) is 5.64. The van der Waals surface area contributed by atoms with Gasteiger partial charge in [-0.25, -0.2) is 0 Å². The standard InChI is InChI=1S/C22H26ClN3O4/c1-16(27)30-22-20(28-2)12-17(13-21(22)29-3)14-24-26-10-8-25(9-11-26)15-18-6-4-5-7-19(18)23/h4-7,12-14H,8-11,15H2,1-3H3/p+1. The van der Waals surface area contributed by atoms with E-state index < -0.39 is 5.97 Å². The first-order chi connectivity index (χ1) is 14.5. The van der Waals surface area contributed by atoms with Crippen LogP contribution in [0.5, 0.6) is 17.2 Å². The Morgan fingerprint density at radius 2 is 1.80 bits per heavy atom. The number of halogens is 1. The van der Waals surface area contributed by atoms with Crippen LogP contribution in [0.1, 0.15) is 18.1 Å². The first kappa shape index (κ1) is 21.9. The van der Waals surface area contributed by atoms with E-state index in [4.69, 9.17) is 25.8 Å². The zero-order valence-corrected chi connectivity index (χ0v) is 18.2. The molecule has 1 aliphatic heterocycles. The lowest BCUT2D eigenvalue weighted by atomic mass is 10.2. The van der Waals surface area contributed by atoms with Crippen LogP contribution in [-0.4, -0.2) is 57.6 Å². The van der Waals surface area contributed by atoms with Crippen molar-refractivity contribution in [2.45, 2.75) is 13.5 Å². The third-order valence-electron chi connectivity index (χ3n) is 4.94. The fourth-order valence-electron chi connectivity index (χ4n) is 3.38. The van der Waals surface area contributed by atoms with Gasteiger partial charge < -0.3 is 19.1 Å². The first-order valence-electron chi connectivity index (χ1n) is 9.80. The quantitative estimate of drug-likeness (QED) is 0.412. The number of methoxy groups -OCH3 is 2. The predicted molar refractivity (Wildman–Crippen MR) is 116 cm³/mol. The summed E-state index contributed by atoms with van der Waals surface area (Å²) in [5, 5.41) is 7.48. The molecule has 0 aromatic heterocycles. The Kier molecular flexibility index (Phi) is 7.54. The lowest BCUT2D eigenvalue weighted by Crippen LogP contribution is -3.13. The molecule has 1 aliphatic rings. The van der Waals surface area contributed by atoms with E-state index in [2.05, 4.69) is 16.2 Å². The van der Waals surface area contributed by atoms with E-state index in [0.29, 0.717) is 11.5 Å². The minimum absolute atomic E-state index is 0.265. The number of carbonyl (C=O) groups excluding carboxylic acids is 1. The summed E-state index contributed by atoms with van der Waals surface area (Å²) in [6, 6.07) is 11.5. The summed E-state index contributed by atoms with van der Waals surface area (Å²) in [6.45, 7) is 5.94. The van der Waals surface area contributed by atoms with Gasteiger partial charge in [0.1, 0.15) is 6.54 Å². The maximum atomic E-state index is 11.4. The van der Waals surface area contributed by atoms with Gasteiger partial charge in [0, 0.05) is 23.1 Å². The highest BCUT2D eigenvalue weighted by Crippen LogP contribution is 2.38. The number of esters is 1. The van der Waals surface area contributed by atoms with Gasteiger partial charge >= 0.3 is 5.97 Å². The van der Waals surface area contributed by atoms with E-state index in [1.165, 1.54) is 31.6 Å². The number of carbonyl (C=O) groups is 1. The molecule has 0 saturated carbocycles. The average molecular weight is 433 g/mol. The van der Waals surface area contributed by atoms with Gasteiger partial charge in [-0.1, -0.05) is 29.8 Å². The number of hydrazone groups is 1. The van der Waals surface area contributed by atoms with Crippen LogP contribution in [0.3, 0.4) is 0 Å². The normalized spacial score (nSPS) is 14.7. The van der Waals surface area contributed by atoms with Crippen molar-refractivity contribution in [3.8, 4) is 17.2 Å². The smallest absolute Gasteiger partial charge is 0.308 e. The Morgan fingerprint density at radius 3 is 2.37 bits per heavy atom. The number of nitrogens with zero attached hydrogens (tertiary/aromatic N) is 2. The monoisotopic (exact) mass is 432 g/mol. The topological polar surface area (TPSA) is 64.8 Å². The lowest BCUT2D eigenvalue weighted by Gasteiger charge is -2.30. The van der Waals surface area contributed by atoms with Crippen molar-refractivity contribution in [1.82, 2.24) is 5.01 Å². The van der Waals surface area contributed by atoms with Crippen LogP contribution in [0.25, 0.3) is 0 Å². The Labute approximate surface area is 181 Å². The summed E-state index contributed by atoms with van der Waals surface area (Å²) in [5.41, 5.74) is 1.98. The molecule has 7 nitrogen and oxygen atoms in total. The van der Waals surface area contributed by atoms with Gasteiger partial charge in [-0.2, -0.15) is 5.10 Å². The van der Waals surface area contributed by atoms with Crippen LogP contribution < -0.4 is 19.1 Å². The minimum Gasteiger partial charge on any atom is -0.493 e. The Bertz CT molecular complexity index is 886. The number of hydrogen-bond acceptors (Lipinski definition) is 6. The fraction of sp³-hybridized carbons (Fsp3) is 0.364. The van der Waals surface area contributed by atoms with E-state index in [9.17, 15) is 4.79 Å². The summed E-state index contributed by atoms with van der Waals surface area (Å²) in [7, 11) is 3.04. The molecule has 160 valence electrons. The molecule has 2 aromatic carbocycles. The fourth-order valence-corrected chi connectivity index (χ4v) is 3.58. The molecule has 8 heteroatoms. The van der Waals surface area contributed by atoms with E-state index in [0.717, 1.165) is 43.3 Å². The highest BCUT2D eigenvalue weighted by Gasteiger charge is 2.20. The van der Waals surface area contributed by atoms with Gasteiger partial charge in [0.25, 0.3) is 0 Å². The summed E-state index contributed by atoms with van der Waals surface area (Å²) >= 11 is 6.28. The SMILES string of the molecule is COc1cc(C=NN2CC[NH+](Cc3ccccc3Cl)CC2)cc(OC)c1OC(C)=O. The second-order valence-electron chi connectivity index (χ2n) is 7.06. The second kappa shape index (κ2) is 10.3. The van der Waals surface area contributed by atoms with Crippen molar-refractivity contribution in [1.29, 1.82) is 0 Å². The van der Waals surface area contributed by atoms with Crippen molar-refractivity contribution >= 4 is 23.8 Å². The average Bonchev–Trinajstić information content (AvgIpc) is 2.75. The van der Waals surface area contributed by atoms with Gasteiger partial charge in [-0.15, -0.1) is 0 Å². The summed E-state index contributed by atoms with van der Waals surface area (Å²) in [5.74, 6) is 0.659. The van der Waals surface area contributed by atoms with E-state index in [1.807, 2.05) is 18.2 Å². The van der Waals surface area contributed by atoms with Gasteiger partial charge in [-0.3, -0.25) is 9.80 Å². The first-order valence-corrected chi connectivity index (χ1v) is 10.2. The molecule has 1 heterocycles. The largest absolute Gasteiger partial charge is 0.493 e. The lowest BCUT2D eigenvalue weighted by molar-refractivity contribution is -0.918. The molecule has 0 bridgehead atoms. The zero-order chi connectivity index (χ0) is 21.5. The van der Waals surface area contributed by atoms with Crippen LogP contribution in [0.4, 0.5) is 0 Å². The van der Waals surface area contributed by atoms with Crippen LogP contribution in [0, 0.1) is 0 Å². The third-order valence-corrected chi connectivity index (χ3v) is 5.31. The molecule has 30 heavy (non-hydrogen) atoms. The van der Waals surface area contributed by atoms with Crippen LogP contribution in [0.2, 0.25) is 5.02 Å². The molecule has 2 aromatic rings. The van der Waals surface area contributed by atoms with E-state index >= 15 is 0 Å². The van der Waals surface area contributed by atoms with Gasteiger partial charge in [0.15, 0.2) is 11.5 Å². The van der Waals surface area contributed by atoms with Crippen molar-refractivity contribution < 1.29 is 23.9 Å². The predicted octanol–water partition coefficient (Wildman–Crippen LogP) is 2.02. The Hall–Kier alpha value is -2.77. The highest BCUT2D eigenvalue weighted by atomic mass is 35.5. The highest BCUT2D eigenvalue weighted by molar-refractivity contribution is 6.31. The Morgan fingerprint density at radius 1 is 1.17 bits per heavy atom. The Balaban J connectivity index is 1.62. The molecular formula is C22H27ClN3O4+. The minimum atomic E-state index is -0.440. The maximum absolute atomic E-state index is 11.4. The molecular weight excluding hydrogens is 406 g/mol. The van der Waals surface area contributed by atoms with Crippen molar-refractivity contribution in [2.24, 2.45) is 5.10 Å². The molecule has 0 aliphatic carbocycles. The number of quaternary nitrogens is 1. The number of hydrogen-bond donors (Lipinski definition) is 1. The molecule has 0 amide bonds. The molecule has 1 saturated heterocycles. The molecule has 0 spiro atoms. The maximum Gasteiger partial charge on any atom is 0.308 e. The summed E-state index contributed by atoms with van der Waals surface area (Å²) < 4.78 is 15.9.